The van der Waals surface area contributed by atoms with Crippen LogP contribution in [-0.2, 0) is 16.0 Å². The molecule has 0 bridgehead atoms. The van der Waals surface area contributed by atoms with Gasteiger partial charge in [-0.15, -0.1) is 22.6 Å². The number of hydrogen-bond acceptors (Lipinski definition) is 8. The summed E-state index contributed by atoms with van der Waals surface area (Å²) in [6.07, 6.45) is 4.58. The number of nitrogens with two attached hydrogens (primary N) is 2. The van der Waals surface area contributed by atoms with Gasteiger partial charge in [0.2, 0.25) is 17.6 Å². The summed E-state index contributed by atoms with van der Waals surface area (Å²) >= 11 is 0. The molecule has 13 nitrogen and oxygen atoms in total. The maximum Gasteiger partial charge on any atom is 0.325 e. The van der Waals surface area contributed by atoms with Crippen LogP contribution in [0.4, 0.5) is 5.69 Å². The first-order chi connectivity index (χ1) is 19.8. The fraction of sp³-hybridized carbons (Fsp3) is 0.321. The number of tetrazole rings is 1. The van der Waals surface area contributed by atoms with Crippen LogP contribution in [0.25, 0.3) is 22.5 Å². The molecule has 0 unspecified atom stereocenters. The minimum absolute atomic E-state index is 0. The van der Waals surface area contributed by atoms with E-state index in [1.807, 2.05) is 0 Å². The Kier molecular flexibility index (Phi) is 9.65. The molecule has 2 heterocycles. The van der Waals surface area contributed by atoms with Gasteiger partial charge < -0.3 is 16.5 Å². The molecule has 14 heteroatoms. The Morgan fingerprint density at radius 2 is 1.64 bits per heavy atom. The summed E-state index contributed by atoms with van der Waals surface area (Å²) in [6, 6.07) is 13.0. The normalized spacial score (nSPS) is 17.2. The van der Waals surface area contributed by atoms with Gasteiger partial charge in [0, 0.05) is 29.8 Å². The van der Waals surface area contributed by atoms with Gasteiger partial charge in [0.1, 0.15) is 6.04 Å². The van der Waals surface area contributed by atoms with Gasteiger partial charge >= 0.3 is 5.69 Å². The number of nitrogens with one attached hydrogen (secondary N) is 3. The number of aromatic nitrogens is 6. The molecule has 42 heavy (non-hydrogen) atoms. The van der Waals surface area contributed by atoms with Crippen molar-refractivity contribution in [3.8, 4) is 22.5 Å². The van der Waals surface area contributed by atoms with Gasteiger partial charge in [-0.05, 0) is 78.8 Å². The zero-order valence-corrected chi connectivity index (χ0v) is 23.5. The van der Waals surface area contributed by atoms with Crippen LogP contribution in [0.15, 0.2) is 64.3 Å². The second kappa shape index (κ2) is 13.4. The quantitative estimate of drug-likeness (QED) is 0.191. The minimum Gasteiger partial charge on any atom is -0.368 e. The number of rotatable bonds is 9. The lowest BCUT2D eigenvalue weighted by atomic mass is 9.81. The Balaban J connectivity index is 0.00000405. The van der Waals surface area contributed by atoms with Crippen molar-refractivity contribution in [2.45, 2.75) is 38.1 Å². The highest BCUT2D eigenvalue weighted by Crippen LogP contribution is 2.33. The summed E-state index contributed by atoms with van der Waals surface area (Å²) in [5.74, 6) is -0.263. The first-order valence-corrected chi connectivity index (χ1v) is 13.4. The molecule has 0 aliphatic heterocycles. The average Bonchev–Trinajstić information content (AvgIpc) is 3.53. The highest BCUT2D eigenvalue weighted by Gasteiger charge is 2.36. The second-order valence-electron chi connectivity index (χ2n) is 10.2. The highest BCUT2D eigenvalue weighted by atomic mass is 35.5. The SMILES string of the molecule is Cl.NCC1CCC(C(=O)N(c2ccc(-c3nn[nH]n3)cc2)[C@@H](Cc2ccc(-c3c[nH]c(=O)[nH]c3=O)cc2)C(N)=O)CC1. The van der Waals surface area contributed by atoms with Crippen molar-refractivity contribution in [1.29, 1.82) is 0 Å². The fourth-order valence-electron chi connectivity index (χ4n) is 5.34. The van der Waals surface area contributed by atoms with Crippen molar-refractivity contribution in [2.24, 2.45) is 23.3 Å². The molecule has 2 aromatic heterocycles. The molecule has 1 atom stereocenters. The van der Waals surface area contributed by atoms with Gasteiger partial charge in [0.25, 0.3) is 5.56 Å². The first-order valence-electron chi connectivity index (χ1n) is 13.4. The van der Waals surface area contributed by atoms with Crippen molar-refractivity contribution in [1.82, 2.24) is 30.6 Å². The Morgan fingerprint density at radius 3 is 2.21 bits per heavy atom. The number of benzene rings is 2. The number of anilines is 1. The van der Waals surface area contributed by atoms with Crippen molar-refractivity contribution in [3.05, 3.63) is 81.1 Å². The third kappa shape index (κ3) is 6.64. The molecule has 4 aromatic rings. The number of carbonyl (C=O) groups excluding carboxylic acids is 2. The van der Waals surface area contributed by atoms with E-state index in [9.17, 15) is 19.2 Å². The van der Waals surface area contributed by atoms with Crippen LogP contribution >= 0.6 is 12.4 Å². The van der Waals surface area contributed by atoms with Gasteiger partial charge in [-0.3, -0.25) is 24.3 Å². The first kappa shape index (κ1) is 30.3. The van der Waals surface area contributed by atoms with E-state index >= 15 is 0 Å². The van der Waals surface area contributed by atoms with Crippen LogP contribution in [0.2, 0.25) is 0 Å². The molecule has 0 radical (unpaired) electrons. The summed E-state index contributed by atoms with van der Waals surface area (Å²) in [4.78, 5) is 56.7. The summed E-state index contributed by atoms with van der Waals surface area (Å²) < 4.78 is 0. The Bertz CT molecular complexity index is 1610. The van der Waals surface area contributed by atoms with Crippen LogP contribution in [-0.4, -0.2) is 55.0 Å². The molecule has 7 N–H and O–H groups in total. The molecule has 220 valence electrons. The highest BCUT2D eigenvalue weighted by molar-refractivity contribution is 6.01. The van der Waals surface area contributed by atoms with E-state index in [1.165, 1.54) is 11.1 Å². The molecular formula is C28H32ClN9O4. The molecule has 2 aromatic carbocycles. The van der Waals surface area contributed by atoms with Gasteiger partial charge in [-0.2, -0.15) is 5.21 Å². The number of nitrogens with zero attached hydrogens (tertiary/aromatic N) is 4. The zero-order valence-electron chi connectivity index (χ0n) is 22.7. The van der Waals surface area contributed by atoms with Gasteiger partial charge in [0.15, 0.2) is 0 Å². The summed E-state index contributed by atoms with van der Waals surface area (Å²) in [7, 11) is 0. The number of H-pyrrole nitrogens is 3. The molecule has 1 aliphatic rings. The standard InChI is InChI=1S/C28H31N9O4.ClH/c29-14-17-3-7-20(8-4-17)27(40)37(21-11-9-19(10-12-21)25-33-35-36-34-25)23(24(30)38)13-16-1-5-18(6-2-16)22-15-31-28(41)32-26(22)39;/h1-2,5-6,9-12,15,17,20,23H,3-4,7-8,13-14,29H2,(H2,30,38)(H2,31,32,39,41)(H,33,34,35,36);1H/t17?,20?,23-;/m0./s1. The molecular weight excluding hydrogens is 562 g/mol. The molecule has 5 rings (SSSR count). The van der Waals surface area contributed by atoms with E-state index in [0.29, 0.717) is 53.5 Å². The summed E-state index contributed by atoms with van der Waals surface area (Å²) in [5.41, 5.74) is 13.5. The van der Waals surface area contributed by atoms with E-state index in [-0.39, 0.29) is 30.7 Å². The van der Waals surface area contributed by atoms with Crippen molar-refractivity contribution in [2.75, 3.05) is 11.4 Å². The average molecular weight is 594 g/mol. The molecule has 1 saturated carbocycles. The van der Waals surface area contributed by atoms with Gasteiger partial charge in [-0.1, -0.05) is 24.3 Å². The van der Waals surface area contributed by atoms with Crippen molar-refractivity contribution in [3.63, 3.8) is 0 Å². The topological polar surface area (TPSA) is 210 Å². The van der Waals surface area contributed by atoms with Gasteiger partial charge in [0.05, 0.1) is 5.56 Å². The number of amides is 2. The Labute approximate surface area is 246 Å². The van der Waals surface area contributed by atoms with E-state index in [1.54, 1.807) is 48.5 Å². The maximum absolute atomic E-state index is 14.0. The lowest BCUT2D eigenvalue weighted by Gasteiger charge is -2.35. The third-order valence-corrected chi connectivity index (χ3v) is 7.67. The molecule has 0 spiro atoms. The second-order valence-corrected chi connectivity index (χ2v) is 10.2. The number of primary amides is 1. The third-order valence-electron chi connectivity index (χ3n) is 7.67. The molecule has 1 aliphatic carbocycles. The van der Waals surface area contributed by atoms with E-state index in [0.717, 1.165) is 18.4 Å². The van der Waals surface area contributed by atoms with Gasteiger partial charge in [-0.25, -0.2) is 4.79 Å². The van der Waals surface area contributed by atoms with Crippen LogP contribution in [0.1, 0.15) is 31.2 Å². The predicted molar refractivity (Wildman–Crippen MR) is 159 cm³/mol. The van der Waals surface area contributed by atoms with Crippen LogP contribution in [0, 0.1) is 11.8 Å². The van der Waals surface area contributed by atoms with Crippen LogP contribution < -0.4 is 27.6 Å². The van der Waals surface area contributed by atoms with Crippen molar-refractivity contribution >= 4 is 29.9 Å². The number of carbonyl (C=O) groups is 2. The lowest BCUT2D eigenvalue weighted by Crippen LogP contribution is -2.52. The Morgan fingerprint density at radius 1 is 0.976 bits per heavy atom. The van der Waals surface area contributed by atoms with E-state index < -0.39 is 23.2 Å². The predicted octanol–water partition coefficient (Wildman–Crippen LogP) is 1.53. The Hall–Kier alpha value is -4.62. The molecule has 1 fully saturated rings. The maximum atomic E-state index is 14.0. The summed E-state index contributed by atoms with van der Waals surface area (Å²) in [5, 5.41) is 14.0. The lowest BCUT2D eigenvalue weighted by molar-refractivity contribution is -0.127. The number of hydrogen-bond donors (Lipinski definition) is 5. The monoisotopic (exact) mass is 593 g/mol. The number of halogens is 1. The van der Waals surface area contributed by atoms with E-state index in [4.69, 9.17) is 11.5 Å². The summed E-state index contributed by atoms with van der Waals surface area (Å²) in [6.45, 7) is 0.590. The van der Waals surface area contributed by atoms with E-state index in [2.05, 4.69) is 30.6 Å². The fourth-order valence-corrected chi connectivity index (χ4v) is 5.34. The smallest absolute Gasteiger partial charge is 0.325 e. The zero-order chi connectivity index (χ0) is 28.9. The molecule has 2 amide bonds. The van der Waals surface area contributed by atoms with Crippen molar-refractivity contribution < 1.29 is 9.59 Å². The largest absolute Gasteiger partial charge is 0.368 e. The van der Waals surface area contributed by atoms with Crippen LogP contribution in [0.3, 0.4) is 0 Å². The minimum atomic E-state index is -0.965. The number of aromatic amines is 3. The van der Waals surface area contributed by atoms with Crippen LogP contribution in [0.5, 0.6) is 0 Å². The molecule has 0 saturated heterocycles.